The minimum absolute atomic E-state index is 0.229. The van der Waals surface area contributed by atoms with Crippen molar-refractivity contribution in [1.29, 1.82) is 0 Å². The smallest absolute Gasteiger partial charge is 0.181 e. The van der Waals surface area contributed by atoms with Crippen LogP contribution in [0.2, 0.25) is 0 Å². The molecule has 4 aromatic rings. The third kappa shape index (κ3) is 4.81. The first kappa shape index (κ1) is 21.7. The summed E-state index contributed by atoms with van der Waals surface area (Å²) in [6.45, 7) is 0.674. The molecule has 33 heavy (non-hydrogen) atoms. The number of fused-ring (bicyclic) bond motifs is 1. The number of hydrogen-bond acceptors (Lipinski definition) is 7. The highest BCUT2D eigenvalue weighted by Crippen LogP contribution is 2.28. The fraction of sp³-hybridized carbons (Fsp3) is 0.208. The number of aliphatic hydroxyl groups excluding tert-OH is 1. The van der Waals surface area contributed by atoms with Gasteiger partial charge in [-0.05, 0) is 54.1 Å². The number of rotatable bonds is 8. The van der Waals surface area contributed by atoms with Gasteiger partial charge >= 0.3 is 0 Å². The van der Waals surface area contributed by atoms with Crippen LogP contribution in [0.4, 0.5) is 4.39 Å². The second-order valence-electron chi connectivity index (χ2n) is 7.63. The van der Waals surface area contributed by atoms with Gasteiger partial charge in [-0.25, -0.2) is 14.8 Å². The highest BCUT2D eigenvalue weighted by Gasteiger charge is 2.21. The van der Waals surface area contributed by atoms with Crippen LogP contribution >= 0.6 is 11.8 Å². The molecule has 0 aliphatic carbocycles. The van der Waals surface area contributed by atoms with Crippen LogP contribution in [0.3, 0.4) is 0 Å². The van der Waals surface area contributed by atoms with Crippen molar-refractivity contribution < 1.29 is 18.7 Å². The molecule has 3 heterocycles. The highest BCUT2D eigenvalue weighted by molar-refractivity contribution is 7.99. The Balaban J connectivity index is 1.31. The predicted octanol–water partition coefficient (Wildman–Crippen LogP) is 3.92. The summed E-state index contributed by atoms with van der Waals surface area (Å²) in [4.78, 5) is 4.54. The molecule has 170 valence electrons. The van der Waals surface area contributed by atoms with Gasteiger partial charge in [0, 0.05) is 42.1 Å². The monoisotopic (exact) mass is 466 g/mol. The lowest BCUT2D eigenvalue weighted by atomic mass is 10.1. The van der Waals surface area contributed by atoms with Gasteiger partial charge in [0.05, 0.1) is 0 Å². The van der Waals surface area contributed by atoms with Crippen molar-refractivity contribution in [2.75, 3.05) is 12.9 Å². The second-order valence-corrected chi connectivity index (χ2v) is 8.74. The number of hydrazine groups is 1. The summed E-state index contributed by atoms with van der Waals surface area (Å²) in [6, 6.07) is 18.6. The Morgan fingerprint density at radius 2 is 1.97 bits per heavy atom. The van der Waals surface area contributed by atoms with Crippen molar-refractivity contribution in [1.82, 2.24) is 15.4 Å². The van der Waals surface area contributed by atoms with Gasteiger partial charge in [0.25, 0.3) is 0 Å². The molecule has 0 bridgehead atoms. The van der Waals surface area contributed by atoms with Crippen LogP contribution in [-0.2, 0) is 11.3 Å². The van der Waals surface area contributed by atoms with E-state index in [1.54, 1.807) is 12.1 Å². The number of nitrogens with one attached hydrogen (secondary N) is 2. The molecular weight excluding hydrogens is 443 g/mol. The zero-order chi connectivity index (χ0) is 22.8. The number of hydrogen-bond donors (Lipinski definition) is 3. The van der Waals surface area contributed by atoms with Crippen molar-refractivity contribution in [3.63, 3.8) is 0 Å². The summed E-state index contributed by atoms with van der Waals surface area (Å²) in [7, 11) is 1.46. The lowest BCUT2D eigenvalue weighted by Crippen LogP contribution is -2.34. The van der Waals surface area contributed by atoms with Gasteiger partial charge in [-0.15, -0.1) is 11.8 Å². The Morgan fingerprint density at radius 3 is 2.79 bits per heavy atom. The van der Waals surface area contributed by atoms with Gasteiger partial charge in [-0.1, -0.05) is 12.1 Å². The first-order chi connectivity index (χ1) is 16.1. The van der Waals surface area contributed by atoms with Crippen LogP contribution in [-0.4, -0.2) is 40.2 Å². The molecular formula is C24H23FN4O3S. The summed E-state index contributed by atoms with van der Waals surface area (Å²) in [5.41, 5.74) is 8.93. The van der Waals surface area contributed by atoms with Gasteiger partial charge < -0.3 is 24.3 Å². The fourth-order valence-corrected chi connectivity index (χ4v) is 4.46. The first-order valence-electron chi connectivity index (χ1n) is 10.4. The topological polar surface area (TPSA) is 84.0 Å². The van der Waals surface area contributed by atoms with E-state index in [9.17, 15) is 9.50 Å². The zero-order valence-corrected chi connectivity index (χ0v) is 18.7. The van der Waals surface area contributed by atoms with E-state index in [1.807, 2.05) is 24.4 Å². The Labute approximate surface area is 194 Å². The molecule has 2 atom stereocenters. The van der Waals surface area contributed by atoms with Crippen molar-refractivity contribution in [2.24, 2.45) is 4.99 Å². The Hall–Kier alpha value is -3.11. The molecule has 0 amide bonds. The Bertz CT molecular complexity index is 1280. The Morgan fingerprint density at radius 1 is 1.15 bits per heavy atom. The molecule has 2 aromatic carbocycles. The fourth-order valence-electron chi connectivity index (χ4n) is 3.66. The SMILES string of the molecule is COC(O)CSC1N=C(c2ccc(-c3ccc4c(ccn4Cc4ccc(F)cc4)c3)o2)NN1. The van der Waals surface area contributed by atoms with E-state index in [0.29, 0.717) is 23.9 Å². The number of halogens is 1. The van der Waals surface area contributed by atoms with E-state index in [-0.39, 0.29) is 11.3 Å². The van der Waals surface area contributed by atoms with Crippen molar-refractivity contribution in [3.05, 3.63) is 84.0 Å². The summed E-state index contributed by atoms with van der Waals surface area (Å²) < 4.78 is 26.2. The molecule has 0 spiro atoms. The zero-order valence-electron chi connectivity index (χ0n) is 17.9. The van der Waals surface area contributed by atoms with Crippen molar-refractivity contribution >= 4 is 28.5 Å². The van der Waals surface area contributed by atoms with Crippen LogP contribution in [0, 0.1) is 5.82 Å². The van der Waals surface area contributed by atoms with Crippen LogP contribution in [0.25, 0.3) is 22.2 Å². The number of aromatic nitrogens is 1. The summed E-state index contributed by atoms with van der Waals surface area (Å²) in [5.74, 6) is 2.15. The maximum Gasteiger partial charge on any atom is 0.181 e. The number of aliphatic hydroxyl groups is 1. The van der Waals surface area contributed by atoms with E-state index >= 15 is 0 Å². The first-order valence-corrected chi connectivity index (χ1v) is 11.5. The molecule has 2 aromatic heterocycles. The molecule has 2 unspecified atom stereocenters. The molecule has 1 aliphatic rings. The minimum atomic E-state index is -0.827. The number of thioether (sulfide) groups is 1. The van der Waals surface area contributed by atoms with Gasteiger partial charge in [0.2, 0.25) is 0 Å². The molecule has 0 saturated carbocycles. The quantitative estimate of drug-likeness (QED) is 0.342. The molecule has 0 fully saturated rings. The van der Waals surface area contributed by atoms with E-state index in [0.717, 1.165) is 27.8 Å². The molecule has 0 radical (unpaired) electrons. The molecule has 7 nitrogen and oxygen atoms in total. The largest absolute Gasteiger partial charge is 0.453 e. The van der Waals surface area contributed by atoms with Crippen LogP contribution < -0.4 is 10.9 Å². The van der Waals surface area contributed by atoms with Crippen LogP contribution in [0.1, 0.15) is 11.3 Å². The number of nitrogens with zero attached hydrogens (tertiary/aromatic N) is 2. The predicted molar refractivity (Wildman–Crippen MR) is 127 cm³/mol. The molecule has 0 saturated heterocycles. The number of furan rings is 1. The number of benzene rings is 2. The standard InChI is InChI=1S/C24H23FN4O3S/c1-31-22(30)14-33-24-26-23(27-28-24)21-9-8-20(32-21)17-4-7-19-16(12-17)10-11-29(19)13-15-2-5-18(25)6-3-15/h2-12,22,24,28,30H,13-14H2,1H3,(H,26,27). The van der Waals surface area contributed by atoms with E-state index in [2.05, 4.69) is 38.6 Å². The van der Waals surface area contributed by atoms with E-state index in [4.69, 9.17) is 9.15 Å². The molecule has 5 rings (SSSR count). The summed E-state index contributed by atoms with van der Waals surface area (Å²) in [5, 5.41) is 10.6. The van der Waals surface area contributed by atoms with Gasteiger partial charge in [-0.2, -0.15) is 0 Å². The third-order valence-electron chi connectivity index (χ3n) is 5.39. The highest BCUT2D eigenvalue weighted by atomic mass is 32.2. The molecule has 9 heteroatoms. The number of amidine groups is 1. The average molecular weight is 467 g/mol. The van der Waals surface area contributed by atoms with Gasteiger partial charge in [-0.3, -0.25) is 0 Å². The summed E-state index contributed by atoms with van der Waals surface area (Å²) >= 11 is 1.42. The molecule has 3 N–H and O–H groups in total. The van der Waals surface area contributed by atoms with E-state index in [1.165, 1.54) is 31.0 Å². The lowest BCUT2D eigenvalue weighted by Gasteiger charge is -2.10. The van der Waals surface area contributed by atoms with Crippen molar-refractivity contribution in [3.8, 4) is 11.3 Å². The Kier molecular flexibility index (Phi) is 6.19. The third-order valence-corrected chi connectivity index (χ3v) is 6.41. The van der Waals surface area contributed by atoms with Crippen LogP contribution in [0.5, 0.6) is 0 Å². The van der Waals surface area contributed by atoms with Crippen molar-refractivity contribution in [2.45, 2.75) is 18.3 Å². The van der Waals surface area contributed by atoms with Crippen LogP contribution in [0.15, 0.2) is 76.3 Å². The van der Waals surface area contributed by atoms with Gasteiger partial charge in [0.1, 0.15) is 11.6 Å². The number of ether oxygens (including phenoxy) is 1. The second kappa shape index (κ2) is 9.40. The number of aliphatic imine (C=N–C) groups is 1. The average Bonchev–Trinajstić information content (AvgIpc) is 3.58. The normalized spacial score (nSPS) is 16.7. The number of methoxy groups -OCH3 is 1. The minimum Gasteiger partial charge on any atom is -0.453 e. The maximum atomic E-state index is 13.2. The van der Waals surface area contributed by atoms with Gasteiger partial charge in [0.15, 0.2) is 23.4 Å². The summed E-state index contributed by atoms with van der Waals surface area (Å²) in [6.07, 6.45) is 1.21. The van der Waals surface area contributed by atoms with E-state index < -0.39 is 6.29 Å². The maximum absolute atomic E-state index is 13.2. The lowest BCUT2D eigenvalue weighted by molar-refractivity contribution is -0.0546. The molecule has 1 aliphatic heterocycles.